The van der Waals surface area contributed by atoms with E-state index in [2.05, 4.69) is 15.5 Å². The predicted octanol–water partition coefficient (Wildman–Crippen LogP) is 1.34. The molecule has 1 heterocycles. The van der Waals surface area contributed by atoms with Crippen LogP contribution in [0.3, 0.4) is 0 Å². The molecule has 2 rings (SSSR count). The zero-order chi connectivity index (χ0) is 12.1. The van der Waals surface area contributed by atoms with Gasteiger partial charge >= 0.3 is 6.03 Å². The molecule has 1 aromatic heterocycles. The summed E-state index contributed by atoms with van der Waals surface area (Å²) in [7, 11) is 0. The number of benzene rings is 1. The molecule has 0 aliphatic carbocycles. The van der Waals surface area contributed by atoms with Crippen molar-refractivity contribution in [2.24, 2.45) is 10.8 Å². The molecule has 0 atom stereocenters. The average molecular weight is 230 g/mol. The third kappa shape index (κ3) is 2.91. The number of rotatable bonds is 3. The minimum atomic E-state index is -0.701. The second-order valence-corrected chi connectivity index (χ2v) is 3.23. The van der Waals surface area contributed by atoms with Crippen LogP contribution in [0.25, 0.3) is 11.3 Å². The van der Waals surface area contributed by atoms with Crippen molar-refractivity contribution in [1.82, 2.24) is 10.4 Å². The van der Waals surface area contributed by atoms with Gasteiger partial charge in [-0.15, -0.1) is 0 Å². The van der Waals surface area contributed by atoms with Crippen LogP contribution in [0.15, 0.2) is 46.4 Å². The van der Waals surface area contributed by atoms with E-state index in [1.165, 1.54) is 12.6 Å². The molecule has 6 heteroatoms. The summed E-state index contributed by atoms with van der Waals surface area (Å²) in [6.45, 7) is 0. The quantitative estimate of drug-likeness (QED) is 0.615. The minimum Gasteiger partial charge on any atom is -0.444 e. The van der Waals surface area contributed by atoms with Crippen LogP contribution in [0, 0.1) is 0 Å². The van der Waals surface area contributed by atoms with Crippen LogP contribution < -0.4 is 11.2 Å². The zero-order valence-electron chi connectivity index (χ0n) is 8.83. The minimum absolute atomic E-state index is 0.670. The third-order valence-electron chi connectivity index (χ3n) is 1.99. The van der Waals surface area contributed by atoms with E-state index in [0.717, 1.165) is 11.1 Å². The second kappa shape index (κ2) is 4.93. The summed E-state index contributed by atoms with van der Waals surface area (Å²) in [5.74, 6) is 0.670. The van der Waals surface area contributed by atoms with Crippen molar-refractivity contribution in [2.75, 3.05) is 0 Å². The number of nitrogens with two attached hydrogens (primary N) is 1. The van der Waals surface area contributed by atoms with Gasteiger partial charge < -0.3 is 10.2 Å². The lowest BCUT2D eigenvalue weighted by Crippen LogP contribution is -2.24. The Labute approximate surface area is 97.1 Å². The average Bonchev–Trinajstić information content (AvgIpc) is 2.82. The van der Waals surface area contributed by atoms with E-state index in [-0.39, 0.29) is 0 Å². The fourth-order valence-corrected chi connectivity index (χ4v) is 1.30. The normalized spacial score (nSPS) is 10.6. The smallest absolute Gasteiger partial charge is 0.332 e. The first kappa shape index (κ1) is 10.9. The summed E-state index contributed by atoms with van der Waals surface area (Å²) in [5, 5.41) is 3.67. The van der Waals surface area contributed by atoms with E-state index in [1.807, 2.05) is 24.3 Å². The molecule has 0 saturated heterocycles. The van der Waals surface area contributed by atoms with Gasteiger partial charge in [-0.25, -0.2) is 15.2 Å². The highest BCUT2D eigenvalue weighted by molar-refractivity contribution is 5.83. The van der Waals surface area contributed by atoms with Crippen LogP contribution in [0.2, 0.25) is 0 Å². The summed E-state index contributed by atoms with van der Waals surface area (Å²) >= 11 is 0. The first-order chi connectivity index (χ1) is 8.25. The van der Waals surface area contributed by atoms with Gasteiger partial charge in [-0.05, 0) is 11.6 Å². The Bertz CT molecular complexity index is 534. The molecule has 0 radical (unpaired) electrons. The third-order valence-corrected chi connectivity index (χ3v) is 1.99. The Hall–Kier alpha value is -2.63. The molecule has 0 spiro atoms. The molecule has 0 fully saturated rings. The highest BCUT2D eigenvalue weighted by Crippen LogP contribution is 2.18. The van der Waals surface area contributed by atoms with Crippen LogP contribution in [0.5, 0.6) is 0 Å². The number of primary amides is 1. The number of nitrogens with zero attached hydrogens (tertiary/aromatic N) is 2. The number of nitrogens with one attached hydrogen (secondary N) is 1. The van der Waals surface area contributed by atoms with E-state index in [1.54, 1.807) is 6.20 Å². The van der Waals surface area contributed by atoms with Crippen LogP contribution >= 0.6 is 0 Å². The molecule has 2 amide bonds. The Morgan fingerprint density at radius 3 is 3.12 bits per heavy atom. The Kier molecular flexibility index (Phi) is 3.15. The Morgan fingerprint density at radius 2 is 2.41 bits per heavy atom. The molecular formula is C11H10N4O2. The van der Waals surface area contributed by atoms with Gasteiger partial charge in [-0.3, -0.25) is 0 Å². The lowest BCUT2D eigenvalue weighted by molar-refractivity contribution is 0.249. The first-order valence-corrected chi connectivity index (χ1v) is 4.83. The molecule has 0 saturated carbocycles. The van der Waals surface area contributed by atoms with Crippen molar-refractivity contribution < 1.29 is 9.21 Å². The van der Waals surface area contributed by atoms with Gasteiger partial charge in [-0.1, -0.05) is 18.2 Å². The number of hydrogen-bond acceptors (Lipinski definition) is 4. The largest absolute Gasteiger partial charge is 0.444 e. The van der Waals surface area contributed by atoms with Gasteiger partial charge in [0, 0.05) is 5.56 Å². The van der Waals surface area contributed by atoms with E-state index < -0.39 is 6.03 Å². The summed E-state index contributed by atoms with van der Waals surface area (Å²) in [4.78, 5) is 14.3. The van der Waals surface area contributed by atoms with Crippen molar-refractivity contribution in [3.63, 3.8) is 0 Å². The van der Waals surface area contributed by atoms with E-state index in [0.29, 0.717) is 5.76 Å². The van der Waals surface area contributed by atoms with Crippen molar-refractivity contribution in [3.8, 4) is 11.3 Å². The molecule has 2 aromatic rings. The fourth-order valence-electron chi connectivity index (χ4n) is 1.30. The first-order valence-electron chi connectivity index (χ1n) is 4.83. The standard InChI is InChI=1S/C11H10N4O2/c12-11(16)15-14-5-8-2-1-3-9(4-8)10-6-13-7-17-10/h1-7H,(H3,12,15,16). The van der Waals surface area contributed by atoms with Crippen LogP contribution in [0.4, 0.5) is 4.79 Å². The molecule has 3 N–H and O–H groups in total. The highest BCUT2D eigenvalue weighted by atomic mass is 16.3. The van der Waals surface area contributed by atoms with Gasteiger partial charge in [-0.2, -0.15) is 5.10 Å². The Balaban J connectivity index is 2.17. The number of urea groups is 1. The van der Waals surface area contributed by atoms with Gasteiger partial charge in [0.25, 0.3) is 0 Å². The lowest BCUT2D eigenvalue weighted by Gasteiger charge is -1.98. The van der Waals surface area contributed by atoms with Crippen LogP contribution in [0.1, 0.15) is 5.56 Å². The molecule has 0 unspecified atom stereocenters. The lowest BCUT2D eigenvalue weighted by atomic mass is 10.1. The fraction of sp³-hybridized carbons (Fsp3) is 0. The maximum absolute atomic E-state index is 10.4. The summed E-state index contributed by atoms with van der Waals surface area (Å²) in [6, 6.07) is 6.73. The van der Waals surface area contributed by atoms with Gasteiger partial charge in [0.2, 0.25) is 0 Å². The Morgan fingerprint density at radius 1 is 1.53 bits per heavy atom. The molecule has 0 bridgehead atoms. The van der Waals surface area contributed by atoms with Crippen molar-refractivity contribution in [2.45, 2.75) is 0 Å². The molecular weight excluding hydrogens is 220 g/mol. The maximum atomic E-state index is 10.4. The number of hydrazone groups is 1. The maximum Gasteiger partial charge on any atom is 0.332 e. The molecule has 0 aliphatic rings. The number of amides is 2. The summed E-state index contributed by atoms with van der Waals surface area (Å²) in [5.41, 5.74) is 8.69. The number of carbonyl (C=O) groups excluding carboxylic acids is 1. The second-order valence-electron chi connectivity index (χ2n) is 3.23. The SMILES string of the molecule is NC(=O)NN=Cc1cccc(-c2cnco2)c1. The molecule has 0 aliphatic heterocycles. The van der Waals surface area contributed by atoms with E-state index in [9.17, 15) is 4.79 Å². The summed E-state index contributed by atoms with van der Waals surface area (Å²) in [6.07, 6.45) is 4.48. The highest BCUT2D eigenvalue weighted by Gasteiger charge is 2.00. The molecule has 17 heavy (non-hydrogen) atoms. The number of carbonyl (C=O) groups is 1. The van der Waals surface area contributed by atoms with Crippen LogP contribution in [-0.4, -0.2) is 17.2 Å². The van der Waals surface area contributed by atoms with Crippen molar-refractivity contribution in [3.05, 3.63) is 42.4 Å². The molecule has 1 aromatic carbocycles. The van der Waals surface area contributed by atoms with Crippen LogP contribution in [-0.2, 0) is 0 Å². The molecule has 6 nitrogen and oxygen atoms in total. The van der Waals surface area contributed by atoms with Crippen molar-refractivity contribution >= 4 is 12.2 Å². The van der Waals surface area contributed by atoms with Gasteiger partial charge in [0.1, 0.15) is 0 Å². The monoisotopic (exact) mass is 230 g/mol. The van der Waals surface area contributed by atoms with E-state index in [4.69, 9.17) is 10.2 Å². The number of oxazole rings is 1. The summed E-state index contributed by atoms with van der Waals surface area (Å²) < 4.78 is 5.17. The van der Waals surface area contributed by atoms with Gasteiger partial charge in [0.05, 0.1) is 12.4 Å². The number of hydrogen-bond donors (Lipinski definition) is 2. The predicted molar refractivity (Wildman–Crippen MR) is 62.3 cm³/mol. The van der Waals surface area contributed by atoms with Gasteiger partial charge in [0.15, 0.2) is 12.2 Å². The van der Waals surface area contributed by atoms with E-state index >= 15 is 0 Å². The van der Waals surface area contributed by atoms with Crippen molar-refractivity contribution in [1.29, 1.82) is 0 Å². The number of aromatic nitrogens is 1. The molecule has 86 valence electrons. The topological polar surface area (TPSA) is 93.5 Å². The zero-order valence-corrected chi connectivity index (χ0v) is 8.83.